The van der Waals surface area contributed by atoms with Crippen molar-refractivity contribution >= 4 is 35.1 Å². The highest BCUT2D eigenvalue weighted by molar-refractivity contribution is 6.06. The van der Waals surface area contributed by atoms with Crippen LogP contribution in [0.5, 0.6) is 0 Å². The van der Waals surface area contributed by atoms with Crippen LogP contribution in [-0.2, 0) is 16.0 Å². The van der Waals surface area contributed by atoms with Gasteiger partial charge in [0.15, 0.2) is 0 Å². The smallest absolute Gasteiger partial charge is 0.412 e. The van der Waals surface area contributed by atoms with Crippen molar-refractivity contribution in [1.82, 2.24) is 14.8 Å². The van der Waals surface area contributed by atoms with Crippen molar-refractivity contribution in [3.8, 4) is 0 Å². The Morgan fingerprint density at radius 1 is 0.930 bits per heavy atom. The molecule has 1 aromatic heterocycles. The van der Waals surface area contributed by atoms with Gasteiger partial charge >= 0.3 is 12.1 Å². The zero-order chi connectivity index (χ0) is 30.7. The Morgan fingerprint density at radius 3 is 2.28 bits per heavy atom. The highest BCUT2D eigenvalue weighted by Gasteiger charge is 2.19. The quantitative estimate of drug-likeness (QED) is 0.288. The summed E-state index contributed by atoms with van der Waals surface area (Å²) in [7, 11) is 0. The normalized spacial score (nSPS) is 13.6. The number of aromatic nitrogens is 1. The maximum Gasteiger partial charge on any atom is 0.412 e. The molecule has 0 aliphatic carbocycles. The fourth-order valence-electron chi connectivity index (χ4n) is 4.49. The van der Waals surface area contributed by atoms with Crippen LogP contribution in [0.4, 0.5) is 26.7 Å². The minimum atomic E-state index is -0.651. The molecule has 4 rings (SSSR count). The molecule has 43 heavy (non-hydrogen) atoms. The first kappa shape index (κ1) is 31.5. The number of carbonyl (C=O) groups excluding carboxylic acids is 3. The van der Waals surface area contributed by atoms with Gasteiger partial charge in [-0.1, -0.05) is 24.3 Å². The van der Waals surface area contributed by atoms with Crippen LogP contribution in [0.15, 0.2) is 73.1 Å². The number of benzene rings is 2. The molecule has 0 radical (unpaired) electrons. The molecule has 0 atom stereocenters. The van der Waals surface area contributed by atoms with Gasteiger partial charge in [-0.2, -0.15) is 0 Å². The molecule has 4 amide bonds. The van der Waals surface area contributed by atoms with E-state index in [2.05, 4.69) is 25.8 Å². The van der Waals surface area contributed by atoms with E-state index in [-0.39, 0.29) is 11.9 Å². The van der Waals surface area contributed by atoms with Crippen LogP contribution in [0.1, 0.15) is 43.1 Å². The van der Waals surface area contributed by atoms with Gasteiger partial charge in [0.05, 0.1) is 36.5 Å². The molecule has 1 fully saturated rings. The minimum absolute atomic E-state index is 0.217. The van der Waals surface area contributed by atoms with Crippen molar-refractivity contribution < 1.29 is 23.9 Å². The highest BCUT2D eigenvalue weighted by atomic mass is 16.6. The number of amides is 4. The van der Waals surface area contributed by atoms with Gasteiger partial charge in [0.25, 0.3) is 5.91 Å². The maximum absolute atomic E-state index is 13.2. The third-order valence-electron chi connectivity index (χ3n) is 6.61. The van der Waals surface area contributed by atoms with E-state index in [9.17, 15) is 14.4 Å². The van der Waals surface area contributed by atoms with Gasteiger partial charge in [0, 0.05) is 44.5 Å². The van der Waals surface area contributed by atoms with Gasteiger partial charge < -0.3 is 25.0 Å². The monoisotopic (exact) mass is 588 g/mol. The number of carbonyl (C=O) groups is 3. The molecule has 1 saturated heterocycles. The molecule has 0 unspecified atom stereocenters. The van der Waals surface area contributed by atoms with Crippen LogP contribution in [0.3, 0.4) is 0 Å². The van der Waals surface area contributed by atoms with Crippen molar-refractivity contribution in [2.75, 3.05) is 55.3 Å². The fourth-order valence-corrected chi connectivity index (χ4v) is 4.49. The van der Waals surface area contributed by atoms with Gasteiger partial charge in [-0.05, 0) is 69.2 Å². The van der Waals surface area contributed by atoms with Gasteiger partial charge in [0.1, 0.15) is 5.60 Å². The molecule has 2 aromatic carbocycles. The third kappa shape index (κ3) is 10.4. The van der Waals surface area contributed by atoms with Gasteiger partial charge in [0.2, 0.25) is 0 Å². The van der Waals surface area contributed by atoms with Crippen LogP contribution >= 0.6 is 0 Å². The number of pyridine rings is 1. The minimum Gasteiger partial charge on any atom is -0.444 e. The lowest BCUT2D eigenvalue weighted by molar-refractivity contribution is 0.0365. The standard InChI is InChI=1S/C32H40N6O5/c1-32(2,3)43-31(41)36-28-10-5-4-9-27(28)35-29(39)25-13-11-24(12-14-25)23-38(17-7-16-37-18-20-42-21-19-37)30(40)34-26-8-6-15-33-22-26/h4-6,8-15,22H,7,16-21,23H2,1-3H3,(H,34,40)(H,35,39)(H,36,41). The predicted molar refractivity (Wildman–Crippen MR) is 166 cm³/mol. The Kier molecular flexibility index (Phi) is 11.1. The van der Waals surface area contributed by atoms with Crippen LogP contribution in [0.2, 0.25) is 0 Å². The topological polar surface area (TPSA) is 125 Å². The highest BCUT2D eigenvalue weighted by Crippen LogP contribution is 2.23. The maximum atomic E-state index is 13.2. The van der Waals surface area contributed by atoms with Crippen molar-refractivity contribution in [2.45, 2.75) is 39.3 Å². The average molecular weight is 589 g/mol. The number of nitrogens with zero attached hydrogens (tertiary/aromatic N) is 3. The number of anilines is 3. The molecular weight excluding hydrogens is 548 g/mol. The number of rotatable bonds is 10. The number of nitrogens with one attached hydrogen (secondary N) is 3. The second-order valence-corrected chi connectivity index (χ2v) is 11.2. The lowest BCUT2D eigenvalue weighted by Crippen LogP contribution is -2.40. The Bertz CT molecular complexity index is 1350. The molecule has 11 nitrogen and oxygen atoms in total. The average Bonchev–Trinajstić information content (AvgIpc) is 2.98. The van der Waals surface area contributed by atoms with Crippen molar-refractivity contribution in [3.63, 3.8) is 0 Å². The molecule has 1 aliphatic heterocycles. The molecule has 2 heterocycles. The first-order valence-electron chi connectivity index (χ1n) is 14.4. The largest absolute Gasteiger partial charge is 0.444 e. The van der Waals surface area contributed by atoms with Crippen molar-refractivity contribution in [1.29, 1.82) is 0 Å². The molecule has 0 spiro atoms. The zero-order valence-corrected chi connectivity index (χ0v) is 25.0. The number of ether oxygens (including phenoxy) is 2. The van der Waals surface area contributed by atoms with E-state index in [1.54, 1.807) is 86.6 Å². The Labute approximate surface area is 252 Å². The van der Waals surface area contributed by atoms with E-state index < -0.39 is 11.7 Å². The van der Waals surface area contributed by atoms with Gasteiger partial charge in [-0.15, -0.1) is 0 Å². The summed E-state index contributed by atoms with van der Waals surface area (Å²) < 4.78 is 10.8. The summed E-state index contributed by atoms with van der Waals surface area (Å²) in [6, 6.07) is 17.4. The van der Waals surface area contributed by atoms with Crippen LogP contribution in [0.25, 0.3) is 0 Å². The van der Waals surface area contributed by atoms with E-state index in [0.717, 1.165) is 44.8 Å². The fraction of sp³-hybridized carbons (Fsp3) is 0.375. The molecule has 3 N–H and O–H groups in total. The molecule has 0 saturated carbocycles. The molecule has 11 heteroatoms. The molecule has 3 aromatic rings. The van der Waals surface area contributed by atoms with Crippen molar-refractivity contribution in [2.24, 2.45) is 0 Å². The molecule has 228 valence electrons. The summed E-state index contributed by atoms with van der Waals surface area (Å²) in [5.41, 5.74) is 2.17. The zero-order valence-electron chi connectivity index (χ0n) is 25.0. The summed E-state index contributed by atoms with van der Waals surface area (Å²) in [5.74, 6) is -0.332. The predicted octanol–water partition coefficient (Wildman–Crippen LogP) is 5.44. The Morgan fingerprint density at radius 2 is 1.63 bits per heavy atom. The van der Waals surface area contributed by atoms with Crippen LogP contribution in [0, 0.1) is 0 Å². The van der Waals surface area contributed by atoms with Crippen LogP contribution < -0.4 is 16.0 Å². The Balaban J connectivity index is 1.38. The lowest BCUT2D eigenvalue weighted by atomic mass is 10.1. The Hall–Kier alpha value is -4.48. The van der Waals surface area contributed by atoms with E-state index in [1.165, 1.54) is 0 Å². The number of hydrogen-bond acceptors (Lipinski definition) is 7. The number of para-hydroxylation sites is 2. The van der Waals surface area contributed by atoms with Crippen LogP contribution in [-0.4, -0.2) is 77.8 Å². The second-order valence-electron chi connectivity index (χ2n) is 11.2. The summed E-state index contributed by atoms with van der Waals surface area (Å²) in [4.78, 5) is 46.7. The van der Waals surface area contributed by atoms with E-state index >= 15 is 0 Å². The van der Waals surface area contributed by atoms with Gasteiger partial charge in [-0.25, -0.2) is 9.59 Å². The number of hydrogen-bond donors (Lipinski definition) is 3. The van der Waals surface area contributed by atoms with Crippen molar-refractivity contribution in [3.05, 3.63) is 84.2 Å². The first-order chi connectivity index (χ1) is 20.7. The molecule has 0 bridgehead atoms. The number of morpholine rings is 1. The van der Waals surface area contributed by atoms with E-state index in [1.807, 2.05) is 12.1 Å². The van der Waals surface area contributed by atoms with E-state index in [0.29, 0.717) is 35.7 Å². The third-order valence-corrected chi connectivity index (χ3v) is 6.61. The lowest BCUT2D eigenvalue weighted by Gasteiger charge is -2.28. The number of urea groups is 1. The summed E-state index contributed by atoms with van der Waals surface area (Å²) in [6.07, 6.45) is 3.47. The molecule has 1 aliphatic rings. The second kappa shape index (κ2) is 15.1. The van der Waals surface area contributed by atoms with Gasteiger partial charge in [-0.3, -0.25) is 20.0 Å². The van der Waals surface area contributed by atoms with E-state index in [4.69, 9.17) is 9.47 Å². The summed E-state index contributed by atoms with van der Waals surface area (Å²) in [6.45, 7) is 10.4. The first-order valence-corrected chi connectivity index (χ1v) is 14.4. The molecular formula is C32H40N6O5. The summed E-state index contributed by atoms with van der Waals surface area (Å²) in [5, 5.41) is 8.47. The SMILES string of the molecule is CC(C)(C)OC(=O)Nc1ccccc1NC(=O)c1ccc(CN(CCCN2CCOCC2)C(=O)Nc2cccnc2)cc1. The summed E-state index contributed by atoms with van der Waals surface area (Å²) >= 11 is 0.